The SMILES string of the molecule is Cn1nc(C(F)(F)F)cc1C(=O)NCC12CC3CC(CC(C3)C1)C2. The van der Waals surface area contributed by atoms with Crippen molar-refractivity contribution in [1.82, 2.24) is 15.1 Å². The van der Waals surface area contributed by atoms with Crippen LogP contribution in [0, 0.1) is 23.2 Å². The third-order valence-corrected chi connectivity index (χ3v) is 6.19. The Balaban J connectivity index is 1.45. The minimum Gasteiger partial charge on any atom is -0.350 e. The summed E-state index contributed by atoms with van der Waals surface area (Å²) in [6.45, 7) is 0.571. The Labute approximate surface area is 138 Å². The van der Waals surface area contributed by atoms with Gasteiger partial charge in [0.25, 0.3) is 5.91 Å². The number of hydrogen-bond donors (Lipinski definition) is 1. The van der Waals surface area contributed by atoms with Crippen molar-refractivity contribution >= 4 is 5.91 Å². The summed E-state index contributed by atoms with van der Waals surface area (Å²) in [6.07, 6.45) is 2.89. The molecule has 5 rings (SSSR count). The summed E-state index contributed by atoms with van der Waals surface area (Å²) in [4.78, 5) is 12.4. The van der Waals surface area contributed by atoms with Gasteiger partial charge in [0, 0.05) is 19.7 Å². The number of halogens is 3. The monoisotopic (exact) mass is 341 g/mol. The smallest absolute Gasteiger partial charge is 0.350 e. The molecule has 1 aromatic heterocycles. The van der Waals surface area contributed by atoms with Gasteiger partial charge in [-0.15, -0.1) is 0 Å². The minimum absolute atomic E-state index is 0.0351. The zero-order chi connectivity index (χ0) is 17.1. The van der Waals surface area contributed by atoms with Crippen LogP contribution in [-0.2, 0) is 13.2 Å². The van der Waals surface area contributed by atoms with Crippen LogP contribution in [0.2, 0.25) is 0 Å². The van der Waals surface area contributed by atoms with Crippen molar-refractivity contribution in [2.24, 2.45) is 30.2 Å². The minimum atomic E-state index is -4.53. The summed E-state index contributed by atoms with van der Waals surface area (Å²) in [5, 5.41) is 6.30. The van der Waals surface area contributed by atoms with E-state index in [0.29, 0.717) is 6.54 Å². The van der Waals surface area contributed by atoms with Crippen molar-refractivity contribution in [2.75, 3.05) is 6.54 Å². The van der Waals surface area contributed by atoms with E-state index in [2.05, 4.69) is 10.4 Å². The molecule has 1 N–H and O–H groups in total. The quantitative estimate of drug-likeness (QED) is 0.916. The fraction of sp³-hybridized carbons (Fsp3) is 0.765. The Bertz CT molecular complexity index is 629. The highest BCUT2D eigenvalue weighted by Gasteiger charge is 2.50. The topological polar surface area (TPSA) is 46.9 Å². The molecule has 1 heterocycles. The predicted octanol–water partition coefficient (Wildman–Crippen LogP) is 3.39. The maximum atomic E-state index is 12.7. The van der Waals surface area contributed by atoms with E-state index in [9.17, 15) is 18.0 Å². The van der Waals surface area contributed by atoms with Crippen LogP contribution in [0.15, 0.2) is 6.07 Å². The van der Waals surface area contributed by atoms with E-state index < -0.39 is 17.8 Å². The molecule has 4 aliphatic rings. The largest absolute Gasteiger partial charge is 0.435 e. The molecule has 132 valence electrons. The van der Waals surface area contributed by atoms with Gasteiger partial charge in [0.15, 0.2) is 5.69 Å². The van der Waals surface area contributed by atoms with Crippen LogP contribution >= 0.6 is 0 Å². The van der Waals surface area contributed by atoms with E-state index in [4.69, 9.17) is 0 Å². The van der Waals surface area contributed by atoms with Gasteiger partial charge in [0.05, 0.1) is 0 Å². The van der Waals surface area contributed by atoms with Crippen LogP contribution in [0.3, 0.4) is 0 Å². The second kappa shape index (κ2) is 5.23. The van der Waals surface area contributed by atoms with Crippen LogP contribution in [0.5, 0.6) is 0 Å². The summed E-state index contributed by atoms with van der Waals surface area (Å²) in [7, 11) is 1.37. The molecule has 1 aromatic rings. The highest BCUT2D eigenvalue weighted by Crippen LogP contribution is 2.59. The number of aromatic nitrogens is 2. The molecular weight excluding hydrogens is 319 g/mol. The molecule has 0 unspecified atom stereocenters. The van der Waals surface area contributed by atoms with E-state index in [1.165, 1.54) is 26.3 Å². The van der Waals surface area contributed by atoms with Gasteiger partial charge < -0.3 is 5.32 Å². The Hall–Kier alpha value is -1.53. The molecule has 0 spiro atoms. The van der Waals surface area contributed by atoms with Crippen molar-refractivity contribution in [2.45, 2.75) is 44.7 Å². The zero-order valence-electron chi connectivity index (χ0n) is 13.7. The summed E-state index contributed by atoms with van der Waals surface area (Å²) >= 11 is 0. The van der Waals surface area contributed by atoms with Crippen LogP contribution in [-0.4, -0.2) is 22.2 Å². The molecule has 4 aliphatic carbocycles. The van der Waals surface area contributed by atoms with Crippen molar-refractivity contribution in [3.8, 4) is 0 Å². The number of amides is 1. The maximum absolute atomic E-state index is 12.7. The average molecular weight is 341 g/mol. The van der Waals surface area contributed by atoms with Crippen molar-refractivity contribution in [1.29, 1.82) is 0 Å². The van der Waals surface area contributed by atoms with Crippen LogP contribution in [0.1, 0.15) is 54.7 Å². The summed E-state index contributed by atoms with van der Waals surface area (Å²) < 4.78 is 39.2. The first-order chi connectivity index (χ1) is 11.2. The lowest BCUT2D eigenvalue weighted by Crippen LogP contribution is -2.51. The number of rotatable bonds is 3. The van der Waals surface area contributed by atoms with Gasteiger partial charge in [-0.05, 0) is 61.7 Å². The first-order valence-electron chi connectivity index (χ1n) is 8.63. The van der Waals surface area contributed by atoms with E-state index in [1.54, 1.807) is 0 Å². The number of carbonyl (C=O) groups excluding carboxylic acids is 1. The lowest BCUT2D eigenvalue weighted by Gasteiger charge is -2.56. The van der Waals surface area contributed by atoms with Gasteiger partial charge in [0.2, 0.25) is 0 Å². The number of hydrogen-bond acceptors (Lipinski definition) is 2. The van der Waals surface area contributed by atoms with Gasteiger partial charge in [-0.25, -0.2) is 0 Å². The highest BCUT2D eigenvalue weighted by molar-refractivity contribution is 5.92. The highest BCUT2D eigenvalue weighted by atomic mass is 19.4. The van der Waals surface area contributed by atoms with Gasteiger partial charge in [-0.3, -0.25) is 9.48 Å². The lowest BCUT2D eigenvalue weighted by atomic mass is 9.49. The molecule has 0 aliphatic heterocycles. The van der Waals surface area contributed by atoms with E-state index in [-0.39, 0.29) is 11.1 Å². The number of nitrogens with zero attached hydrogens (tertiary/aromatic N) is 2. The van der Waals surface area contributed by atoms with Crippen LogP contribution < -0.4 is 5.32 Å². The molecule has 0 aromatic carbocycles. The molecule has 0 saturated heterocycles. The normalized spacial score (nSPS) is 34.6. The first-order valence-corrected chi connectivity index (χ1v) is 8.63. The second-order valence-electron chi connectivity index (χ2n) is 8.14. The zero-order valence-corrected chi connectivity index (χ0v) is 13.7. The standard InChI is InChI=1S/C17H22F3N3O/c1-23-13(5-14(22-23)17(18,19)20)15(24)21-9-16-6-10-2-11(7-16)4-12(3-10)8-16/h5,10-12H,2-4,6-9H2,1H3,(H,21,24). The number of carbonyl (C=O) groups is 1. The van der Waals surface area contributed by atoms with Gasteiger partial charge in [-0.1, -0.05) is 0 Å². The molecule has 4 bridgehead atoms. The molecule has 4 nitrogen and oxygen atoms in total. The summed E-state index contributed by atoms with van der Waals surface area (Å²) in [5.41, 5.74) is -0.896. The lowest BCUT2D eigenvalue weighted by molar-refractivity contribution is -0.141. The number of alkyl halides is 3. The van der Waals surface area contributed by atoms with Gasteiger partial charge in [0.1, 0.15) is 5.69 Å². The molecule has 4 saturated carbocycles. The van der Waals surface area contributed by atoms with Crippen LogP contribution in [0.25, 0.3) is 0 Å². The molecule has 7 heteroatoms. The summed E-state index contributed by atoms with van der Waals surface area (Å²) in [6, 6.07) is 0.828. The van der Waals surface area contributed by atoms with Gasteiger partial charge >= 0.3 is 6.18 Å². The van der Waals surface area contributed by atoms with E-state index in [0.717, 1.165) is 47.8 Å². The third-order valence-electron chi connectivity index (χ3n) is 6.19. The Morgan fingerprint density at radius 1 is 1.25 bits per heavy atom. The maximum Gasteiger partial charge on any atom is 0.435 e. The fourth-order valence-corrected chi connectivity index (χ4v) is 5.68. The van der Waals surface area contributed by atoms with E-state index >= 15 is 0 Å². The Morgan fingerprint density at radius 2 is 1.79 bits per heavy atom. The van der Waals surface area contributed by atoms with Crippen molar-refractivity contribution in [3.63, 3.8) is 0 Å². The molecule has 0 atom stereocenters. The van der Waals surface area contributed by atoms with Crippen molar-refractivity contribution < 1.29 is 18.0 Å². The second-order valence-corrected chi connectivity index (χ2v) is 8.14. The summed E-state index contributed by atoms with van der Waals surface area (Å²) in [5.74, 6) is 1.88. The molecule has 24 heavy (non-hydrogen) atoms. The fourth-order valence-electron chi connectivity index (χ4n) is 5.68. The predicted molar refractivity (Wildman–Crippen MR) is 81.1 cm³/mol. The third kappa shape index (κ3) is 2.71. The number of aryl methyl sites for hydroxylation is 1. The molecule has 1 amide bonds. The van der Waals surface area contributed by atoms with E-state index in [1.807, 2.05) is 0 Å². The van der Waals surface area contributed by atoms with Crippen molar-refractivity contribution in [3.05, 3.63) is 17.5 Å². The molecular formula is C17H22F3N3O. The van der Waals surface area contributed by atoms with Crippen LogP contribution in [0.4, 0.5) is 13.2 Å². The Morgan fingerprint density at radius 3 is 2.25 bits per heavy atom. The first kappa shape index (κ1) is 16.0. The Kier molecular flexibility index (Phi) is 3.48. The molecule has 0 radical (unpaired) electrons. The number of nitrogens with one attached hydrogen (secondary N) is 1. The molecule has 4 fully saturated rings. The average Bonchev–Trinajstić information content (AvgIpc) is 2.86. The van der Waals surface area contributed by atoms with Gasteiger partial charge in [-0.2, -0.15) is 18.3 Å².